The number of aromatic nitrogens is 4. The molecule has 0 atom stereocenters. The van der Waals surface area contributed by atoms with Crippen LogP contribution in [0.25, 0.3) is 21.3 Å². The highest BCUT2D eigenvalue weighted by Crippen LogP contribution is 2.30. The Kier molecular flexibility index (Phi) is 4.74. The van der Waals surface area contributed by atoms with Crippen molar-refractivity contribution < 1.29 is 4.39 Å². The molecule has 0 bridgehead atoms. The summed E-state index contributed by atoms with van der Waals surface area (Å²) in [5.74, 6) is 0. The van der Waals surface area contributed by atoms with Crippen LogP contribution in [0.5, 0.6) is 0 Å². The molecule has 3 heterocycles. The molecule has 0 aliphatic heterocycles. The number of aromatic amines is 1. The second kappa shape index (κ2) is 7.34. The van der Waals surface area contributed by atoms with Crippen LogP contribution in [-0.4, -0.2) is 25.9 Å². The summed E-state index contributed by atoms with van der Waals surface area (Å²) in [5.41, 5.74) is 7.72. The van der Waals surface area contributed by atoms with E-state index in [-0.39, 0.29) is 18.8 Å². The Morgan fingerprint density at radius 3 is 3.00 bits per heavy atom. The van der Waals surface area contributed by atoms with Gasteiger partial charge in [-0.1, -0.05) is 6.07 Å². The quantitative estimate of drug-likeness (QED) is 0.537. The molecule has 27 heavy (non-hydrogen) atoms. The largest absolute Gasteiger partial charge is 0.361 e. The third-order valence-corrected chi connectivity index (χ3v) is 5.51. The number of H-pyrrole nitrogens is 1. The van der Waals surface area contributed by atoms with Gasteiger partial charge >= 0.3 is 5.69 Å². The number of fused-ring (bicyclic) bond motifs is 1. The molecule has 3 N–H and O–H groups in total. The van der Waals surface area contributed by atoms with E-state index in [0.717, 1.165) is 26.2 Å². The number of rotatable bonds is 6. The standard InChI is InChI=1S/C19H18FN5OS/c20-8-13(9-21)10-25-19(26)24(12-23-25)11-16-2-4-18(27-16)15-1-3-17-14(7-15)5-6-22-17/h1-8,12,22H,9-11,21H2/b13-8+. The van der Waals surface area contributed by atoms with Gasteiger partial charge in [0.05, 0.1) is 19.4 Å². The van der Waals surface area contributed by atoms with Gasteiger partial charge in [-0.25, -0.2) is 13.9 Å². The van der Waals surface area contributed by atoms with Crippen LogP contribution in [0.3, 0.4) is 0 Å². The normalized spacial score (nSPS) is 12.1. The lowest BCUT2D eigenvalue weighted by Crippen LogP contribution is -2.26. The summed E-state index contributed by atoms with van der Waals surface area (Å²) in [4.78, 5) is 17.8. The van der Waals surface area contributed by atoms with E-state index in [0.29, 0.717) is 18.4 Å². The van der Waals surface area contributed by atoms with Gasteiger partial charge in [-0.15, -0.1) is 11.3 Å². The van der Waals surface area contributed by atoms with Crippen molar-refractivity contribution in [3.8, 4) is 10.4 Å². The first-order chi connectivity index (χ1) is 13.2. The van der Waals surface area contributed by atoms with Gasteiger partial charge < -0.3 is 10.7 Å². The molecule has 0 unspecified atom stereocenters. The molecule has 138 valence electrons. The Morgan fingerprint density at radius 2 is 2.19 bits per heavy atom. The van der Waals surface area contributed by atoms with Crippen LogP contribution in [0.4, 0.5) is 4.39 Å². The second-order valence-corrected chi connectivity index (χ2v) is 7.38. The summed E-state index contributed by atoms with van der Waals surface area (Å²) < 4.78 is 15.4. The van der Waals surface area contributed by atoms with Crippen molar-refractivity contribution >= 4 is 22.2 Å². The lowest BCUT2D eigenvalue weighted by Gasteiger charge is -2.01. The van der Waals surface area contributed by atoms with Crippen molar-refractivity contribution in [2.75, 3.05) is 6.54 Å². The van der Waals surface area contributed by atoms with Gasteiger partial charge in [-0.05, 0) is 46.9 Å². The fourth-order valence-electron chi connectivity index (χ4n) is 2.92. The SMILES string of the molecule is NC/C(=C\F)Cn1ncn(Cc2ccc(-c3ccc4[nH]ccc4c3)s2)c1=O. The van der Waals surface area contributed by atoms with Gasteiger partial charge in [-0.3, -0.25) is 4.57 Å². The summed E-state index contributed by atoms with van der Waals surface area (Å²) >= 11 is 1.63. The Morgan fingerprint density at radius 1 is 1.30 bits per heavy atom. The zero-order chi connectivity index (χ0) is 18.8. The molecular weight excluding hydrogens is 365 g/mol. The molecular formula is C19H18FN5OS. The molecule has 8 heteroatoms. The molecule has 0 aliphatic carbocycles. The molecule has 0 aliphatic rings. The number of halogens is 1. The van der Waals surface area contributed by atoms with E-state index in [1.165, 1.54) is 15.6 Å². The zero-order valence-corrected chi connectivity index (χ0v) is 15.2. The second-order valence-electron chi connectivity index (χ2n) is 6.22. The summed E-state index contributed by atoms with van der Waals surface area (Å²) in [6.45, 7) is 0.536. The Hall–Kier alpha value is -2.97. The van der Waals surface area contributed by atoms with Crippen molar-refractivity contribution in [3.05, 3.63) is 76.2 Å². The predicted molar refractivity (Wildman–Crippen MR) is 105 cm³/mol. The van der Waals surface area contributed by atoms with Crippen LogP contribution in [0.1, 0.15) is 4.88 Å². The molecule has 1 aromatic carbocycles. The van der Waals surface area contributed by atoms with Crippen LogP contribution >= 0.6 is 11.3 Å². The summed E-state index contributed by atoms with van der Waals surface area (Å²) in [5, 5.41) is 5.21. The molecule has 0 saturated heterocycles. The number of hydrogen-bond acceptors (Lipinski definition) is 4. The fraction of sp³-hybridized carbons (Fsp3) is 0.158. The number of nitrogens with zero attached hydrogens (tertiary/aromatic N) is 3. The Balaban J connectivity index is 1.54. The maximum Gasteiger partial charge on any atom is 0.346 e. The Labute approximate surface area is 158 Å². The van der Waals surface area contributed by atoms with Gasteiger partial charge in [-0.2, -0.15) is 5.10 Å². The van der Waals surface area contributed by atoms with Crippen molar-refractivity contribution in [3.63, 3.8) is 0 Å². The lowest BCUT2D eigenvalue weighted by molar-refractivity contribution is 0.604. The van der Waals surface area contributed by atoms with E-state index >= 15 is 0 Å². The first-order valence-corrected chi connectivity index (χ1v) is 9.26. The smallest absolute Gasteiger partial charge is 0.346 e. The van der Waals surface area contributed by atoms with E-state index in [1.807, 2.05) is 18.3 Å². The van der Waals surface area contributed by atoms with Crippen LogP contribution < -0.4 is 11.4 Å². The first kappa shape index (κ1) is 17.4. The van der Waals surface area contributed by atoms with Crippen LogP contribution in [0, 0.1) is 0 Å². The molecule has 4 aromatic rings. The number of nitrogens with one attached hydrogen (secondary N) is 1. The lowest BCUT2D eigenvalue weighted by atomic mass is 10.1. The maximum atomic E-state index is 12.7. The highest BCUT2D eigenvalue weighted by Gasteiger charge is 2.10. The zero-order valence-electron chi connectivity index (χ0n) is 14.4. The summed E-state index contributed by atoms with van der Waals surface area (Å²) in [7, 11) is 0. The van der Waals surface area contributed by atoms with E-state index < -0.39 is 0 Å². The molecule has 3 aromatic heterocycles. The molecule has 0 radical (unpaired) electrons. The monoisotopic (exact) mass is 383 g/mol. The van der Waals surface area contributed by atoms with Crippen LogP contribution in [0.2, 0.25) is 0 Å². The van der Waals surface area contributed by atoms with E-state index in [2.05, 4.69) is 34.3 Å². The van der Waals surface area contributed by atoms with Gasteiger partial charge in [0.25, 0.3) is 0 Å². The number of nitrogens with two attached hydrogens (primary N) is 1. The van der Waals surface area contributed by atoms with E-state index in [4.69, 9.17) is 5.73 Å². The van der Waals surface area contributed by atoms with Gasteiger partial charge in [0.2, 0.25) is 0 Å². The van der Waals surface area contributed by atoms with Crippen LogP contribution in [0.15, 0.2) is 65.6 Å². The molecule has 0 spiro atoms. The number of benzene rings is 1. The average Bonchev–Trinajstić information content (AvgIpc) is 3.41. The maximum absolute atomic E-state index is 12.7. The van der Waals surface area contributed by atoms with E-state index in [9.17, 15) is 9.18 Å². The molecule has 6 nitrogen and oxygen atoms in total. The predicted octanol–water partition coefficient (Wildman–Crippen LogP) is 3.12. The molecule has 0 saturated carbocycles. The molecule has 0 fully saturated rings. The number of thiophene rings is 1. The minimum atomic E-state index is -0.286. The van der Waals surface area contributed by atoms with Gasteiger partial charge in [0.1, 0.15) is 6.33 Å². The topological polar surface area (TPSA) is 81.6 Å². The first-order valence-electron chi connectivity index (χ1n) is 8.44. The minimum Gasteiger partial charge on any atom is -0.361 e. The van der Waals surface area contributed by atoms with Crippen molar-refractivity contribution in [2.45, 2.75) is 13.1 Å². The Bertz CT molecular complexity index is 1170. The van der Waals surface area contributed by atoms with Crippen molar-refractivity contribution in [1.82, 2.24) is 19.3 Å². The molecule has 0 amide bonds. The summed E-state index contributed by atoms with van der Waals surface area (Å²) in [6.07, 6.45) is 3.82. The number of hydrogen-bond donors (Lipinski definition) is 2. The van der Waals surface area contributed by atoms with Crippen LogP contribution in [-0.2, 0) is 13.1 Å². The third-order valence-electron chi connectivity index (χ3n) is 4.39. The van der Waals surface area contributed by atoms with E-state index in [1.54, 1.807) is 11.3 Å². The third kappa shape index (κ3) is 3.49. The summed E-state index contributed by atoms with van der Waals surface area (Å²) in [6, 6.07) is 12.4. The van der Waals surface area contributed by atoms with Gasteiger partial charge in [0.15, 0.2) is 0 Å². The van der Waals surface area contributed by atoms with Crippen molar-refractivity contribution in [1.29, 1.82) is 0 Å². The fourth-order valence-corrected chi connectivity index (χ4v) is 3.92. The average molecular weight is 383 g/mol. The van der Waals surface area contributed by atoms with Gasteiger partial charge in [0, 0.05) is 28.0 Å². The highest BCUT2D eigenvalue weighted by atomic mass is 32.1. The van der Waals surface area contributed by atoms with Crippen molar-refractivity contribution in [2.24, 2.45) is 5.73 Å². The highest BCUT2D eigenvalue weighted by molar-refractivity contribution is 7.15. The minimum absolute atomic E-state index is 0.0512. The molecule has 4 rings (SSSR count).